The third-order valence-corrected chi connectivity index (χ3v) is 4.51. The third-order valence-electron chi connectivity index (χ3n) is 3.55. The molecule has 2 nitrogen and oxygen atoms in total. The zero-order valence-electron chi connectivity index (χ0n) is 11.1. The van der Waals surface area contributed by atoms with Gasteiger partial charge in [0.2, 0.25) is 0 Å². The second kappa shape index (κ2) is 4.09. The highest BCUT2D eigenvalue weighted by atomic mass is 32.1. The lowest BCUT2D eigenvalue weighted by atomic mass is 9.91. The molecule has 3 rings (SSSR count). The summed E-state index contributed by atoms with van der Waals surface area (Å²) in [7, 11) is 2.17. The predicted molar refractivity (Wildman–Crippen MR) is 78.2 cm³/mol. The Hall–Kier alpha value is -1.35. The normalized spacial score (nSPS) is 21.4. The molecular formula is C15H18N2S. The molecular weight excluding hydrogens is 240 g/mol. The summed E-state index contributed by atoms with van der Waals surface area (Å²) in [6, 6.07) is 2.24. The first-order valence-corrected chi connectivity index (χ1v) is 7.21. The Morgan fingerprint density at radius 2 is 2.22 bits per heavy atom. The lowest BCUT2D eigenvalue weighted by molar-refractivity contribution is 0.437. The predicted octanol–water partition coefficient (Wildman–Crippen LogP) is 3.46. The van der Waals surface area contributed by atoms with Crippen molar-refractivity contribution in [2.24, 2.45) is 10.4 Å². The van der Waals surface area contributed by atoms with Gasteiger partial charge in [0.15, 0.2) is 0 Å². The van der Waals surface area contributed by atoms with E-state index in [1.807, 2.05) is 6.20 Å². The minimum Gasteiger partial charge on any atom is -0.373 e. The van der Waals surface area contributed by atoms with Crippen molar-refractivity contribution in [3.8, 4) is 0 Å². The molecule has 0 aliphatic carbocycles. The average molecular weight is 258 g/mol. The van der Waals surface area contributed by atoms with E-state index in [0.29, 0.717) is 0 Å². The first-order valence-electron chi connectivity index (χ1n) is 6.33. The Morgan fingerprint density at radius 3 is 3.06 bits per heavy atom. The zero-order valence-corrected chi connectivity index (χ0v) is 11.9. The van der Waals surface area contributed by atoms with Crippen LogP contribution in [0.2, 0.25) is 0 Å². The van der Waals surface area contributed by atoms with Gasteiger partial charge in [-0.05, 0) is 29.5 Å². The van der Waals surface area contributed by atoms with Gasteiger partial charge in [0.05, 0.1) is 10.6 Å². The van der Waals surface area contributed by atoms with Crippen molar-refractivity contribution in [2.45, 2.75) is 20.3 Å². The Morgan fingerprint density at radius 1 is 1.39 bits per heavy atom. The van der Waals surface area contributed by atoms with E-state index < -0.39 is 0 Å². The molecule has 94 valence electrons. The summed E-state index contributed by atoms with van der Waals surface area (Å²) in [6.07, 6.45) is 7.57. The van der Waals surface area contributed by atoms with Gasteiger partial charge in [-0.2, -0.15) is 0 Å². The van der Waals surface area contributed by atoms with E-state index in [0.717, 1.165) is 18.7 Å². The summed E-state index contributed by atoms with van der Waals surface area (Å²) in [4.78, 5) is 8.38. The van der Waals surface area contributed by atoms with Crippen LogP contribution in [0.15, 0.2) is 40.5 Å². The van der Waals surface area contributed by atoms with Crippen molar-refractivity contribution in [3.63, 3.8) is 0 Å². The van der Waals surface area contributed by atoms with Crippen molar-refractivity contribution in [1.29, 1.82) is 0 Å². The van der Waals surface area contributed by atoms with Crippen LogP contribution in [-0.4, -0.2) is 24.2 Å². The molecule has 3 heteroatoms. The Balaban J connectivity index is 2.19. The number of thiophene rings is 1. The van der Waals surface area contributed by atoms with Gasteiger partial charge in [0.25, 0.3) is 0 Å². The molecule has 2 aliphatic heterocycles. The first-order chi connectivity index (χ1) is 8.57. The van der Waals surface area contributed by atoms with E-state index in [9.17, 15) is 0 Å². The SMILES string of the molecule is CN1CCc2ccsc2C2=NC=CC(C)(C)C=C21. The van der Waals surface area contributed by atoms with Crippen molar-refractivity contribution in [1.82, 2.24) is 4.90 Å². The van der Waals surface area contributed by atoms with Crippen molar-refractivity contribution < 1.29 is 0 Å². The van der Waals surface area contributed by atoms with Crippen molar-refractivity contribution >= 4 is 17.0 Å². The lowest BCUT2D eigenvalue weighted by Gasteiger charge is -2.23. The minimum absolute atomic E-state index is 0.0661. The van der Waals surface area contributed by atoms with Gasteiger partial charge in [-0.1, -0.05) is 19.9 Å². The number of rotatable bonds is 0. The maximum absolute atomic E-state index is 4.70. The van der Waals surface area contributed by atoms with Gasteiger partial charge in [-0.15, -0.1) is 11.3 Å². The highest BCUT2D eigenvalue weighted by Crippen LogP contribution is 2.32. The highest BCUT2D eigenvalue weighted by Gasteiger charge is 2.26. The molecule has 0 saturated heterocycles. The van der Waals surface area contributed by atoms with E-state index in [1.54, 1.807) is 11.3 Å². The fraction of sp³-hybridized carbons (Fsp3) is 0.400. The number of allylic oxidation sites excluding steroid dienone is 3. The van der Waals surface area contributed by atoms with E-state index >= 15 is 0 Å². The first kappa shape index (κ1) is 11.7. The molecule has 0 bridgehead atoms. The lowest BCUT2D eigenvalue weighted by Crippen LogP contribution is -2.24. The van der Waals surface area contributed by atoms with E-state index in [-0.39, 0.29) is 5.41 Å². The standard InChI is InChI=1S/C15H18N2S/c1-15(2)6-7-16-13-12(10-15)17(3)8-4-11-5-9-18-14(11)13/h5-7,9-10H,4,8H2,1-3H3. The minimum atomic E-state index is 0.0661. The molecule has 0 radical (unpaired) electrons. The number of hydrogen-bond donors (Lipinski definition) is 0. The Labute approximate surface area is 112 Å². The van der Waals surface area contributed by atoms with Gasteiger partial charge in [0.1, 0.15) is 5.71 Å². The molecule has 0 saturated carbocycles. The number of hydrogen-bond acceptors (Lipinski definition) is 3. The largest absolute Gasteiger partial charge is 0.373 e. The van der Waals surface area contributed by atoms with Crippen LogP contribution in [-0.2, 0) is 6.42 Å². The second-order valence-corrected chi connectivity index (χ2v) is 6.51. The van der Waals surface area contributed by atoms with Crippen LogP contribution in [0.4, 0.5) is 0 Å². The van der Waals surface area contributed by atoms with Gasteiger partial charge in [-0.25, -0.2) is 0 Å². The molecule has 1 aromatic heterocycles. The van der Waals surface area contributed by atoms with E-state index in [2.05, 4.69) is 49.4 Å². The second-order valence-electron chi connectivity index (χ2n) is 5.59. The van der Waals surface area contributed by atoms with E-state index in [4.69, 9.17) is 4.99 Å². The molecule has 2 aliphatic rings. The summed E-state index contributed by atoms with van der Waals surface area (Å²) in [5.41, 5.74) is 3.91. The monoisotopic (exact) mass is 258 g/mol. The van der Waals surface area contributed by atoms with Crippen LogP contribution < -0.4 is 0 Å². The van der Waals surface area contributed by atoms with Crippen LogP contribution in [0.1, 0.15) is 24.3 Å². The number of likely N-dealkylation sites (N-methyl/N-ethyl adjacent to an activating group) is 1. The molecule has 0 spiro atoms. The van der Waals surface area contributed by atoms with Crippen LogP contribution >= 0.6 is 11.3 Å². The summed E-state index contributed by atoms with van der Waals surface area (Å²) < 4.78 is 0. The van der Waals surface area contributed by atoms with E-state index in [1.165, 1.54) is 16.1 Å². The third kappa shape index (κ3) is 1.93. The zero-order chi connectivity index (χ0) is 12.8. The summed E-state index contributed by atoms with van der Waals surface area (Å²) in [5, 5.41) is 2.18. The van der Waals surface area contributed by atoms with Gasteiger partial charge in [-0.3, -0.25) is 4.99 Å². The number of fused-ring (bicyclic) bond motifs is 3. The number of aliphatic imine (C=N–C) groups is 1. The highest BCUT2D eigenvalue weighted by molar-refractivity contribution is 7.12. The Kier molecular flexibility index (Phi) is 2.67. The summed E-state index contributed by atoms with van der Waals surface area (Å²) >= 11 is 1.80. The quantitative estimate of drug-likeness (QED) is 0.696. The summed E-state index contributed by atoms with van der Waals surface area (Å²) in [6.45, 7) is 5.51. The average Bonchev–Trinajstić information content (AvgIpc) is 2.66. The van der Waals surface area contributed by atoms with Crippen LogP contribution in [0, 0.1) is 5.41 Å². The summed E-state index contributed by atoms with van der Waals surface area (Å²) in [5.74, 6) is 0. The van der Waals surface area contributed by atoms with Gasteiger partial charge < -0.3 is 4.90 Å². The molecule has 0 amide bonds. The molecule has 3 heterocycles. The molecule has 0 atom stereocenters. The van der Waals surface area contributed by atoms with Gasteiger partial charge >= 0.3 is 0 Å². The van der Waals surface area contributed by atoms with Crippen molar-refractivity contribution in [2.75, 3.05) is 13.6 Å². The number of nitrogens with zero attached hydrogens (tertiary/aromatic N) is 2. The molecule has 1 aromatic rings. The molecule has 0 N–H and O–H groups in total. The van der Waals surface area contributed by atoms with Crippen LogP contribution in [0.5, 0.6) is 0 Å². The smallest absolute Gasteiger partial charge is 0.103 e. The molecule has 18 heavy (non-hydrogen) atoms. The molecule has 0 unspecified atom stereocenters. The molecule has 0 aromatic carbocycles. The van der Waals surface area contributed by atoms with Crippen LogP contribution in [0.25, 0.3) is 0 Å². The maximum atomic E-state index is 4.70. The fourth-order valence-corrected chi connectivity index (χ4v) is 3.41. The maximum Gasteiger partial charge on any atom is 0.103 e. The molecule has 0 fully saturated rings. The fourth-order valence-electron chi connectivity index (χ4n) is 2.45. The van der Waals surface area contributed by atoms with Crippen molar-refractivity contribution in [3.05, 3.63) is 45.9 Å². The van der Waals surface area contributed by atoms with Crippen LogP contribution in [0.3, 0.4) is 0 Å². The van der Waals surface area contributed by atoms with Gasteiger partial charge in [0, 0.05) is 25.2 Å². The Bertz CT molecular complexity index is 561. The topological polar surface area (TPSA) is 15.6 Å².